The van der Waals surface area contributed by atoms with Gasteiger partial charge in [0.1, 0.15) is 11.6 Å². The molecule has 1 saturated carbocycles. The number of allylic oxidation sites excluding steroid dienone is 1. The number of carbonyl (C=O) groups is 1. The van der Waals surface area contributed by atoms with Gasteiger partial charge in [-0.15, -0.1) is 0 Å². The lowest BCUT2D eigenvalue weighted by molar-refractivity contribution is 0.0595. The molecular weight excluding hydrogens is 283 g/mol. The molecule has 1 aromatic rings. The van der Waals surface area contributed by atoms with Crippen molar-refractivity contribution < 1.29 is 18.7 Å². The van der Waals surface area contributed by atoms with E-state index in [9.17, 15) is 9.18 Å². The highest BCUT2D eigenvalue weighted by molar-refractivity contribution is 6.32. The van der Waals surface area contributed by atoms with E-state index in [1.54, 1.807) is 0 Å². The smallest absolute Gasteiger partial charge is 0.340 e. The highest BCUT2D eigenvalue weighted by Gasteiger charge is 2.21. The number of hydrogen-bond acceptors (Lipinski definition) is 3. The molecule has 5 heteroatoms. The number of hydrogen-bond donors (Lipinski definition) is 0. The predicted octanol–water partition coefficient (Wildman–Crippen LogP) is 4.14. The molecule has 2 rings (SSSR count). The van der Waals surface area contributed by atoms with E-state index in [-0.39, 0.29) is 22.4 Å². The van der Waals surface area contributed by atoms with Gasteiger partial charge in [-0.2, -0.15) is 0 Å². The summed E-state index contributed by atoms with van der Waals surface area (Å²) >= 11 is 6.03. The average Bonchev–Trinajstić information content (AvgIpc) is 2.44. The number of esters is 1. The van der Waals surface area contributed by atoms with Gasteiger partial charge in [-0.05, 0) is 31.7 Å². The van der Waals surface area contributed by atoms with Crippen LogP contribution in [0.4, 0.5) is 4.39 Å². The molecule has 0 amide bonds. The summed E-state index contributed by atoms with van der Waals surface area (Å²) in [6, 6.07) is 2.37. The summed E-state index contributed by atoms with van der Waals surface area (Å²) in [6.45, 7) is 3.93. The molecule has 108 valence electrons. The summed E-state index contributed by atoms with van der Waals surface area (Å²) in [5, 5.41) is 0.205. The zero-order chi connectivity index (χ0) is 14.7. The van der Waals surface area contributed by atoms with E-state index in [1.165, 1.54) is 18.7 Å². The van der Waals surface area contributed by atoms with Crippen molar-refractivity contribution in [3.8, 4) is 5.75 Å². The van der Waals surface area contributed by atoms with Crippen LogP contribution in [-0.4, -0.2) is 19.2 Å². The second kappa shape index (κ2) is 6.27. The molecule has 1 aliphatic rings. The van der Waals surface area contributed by atoms with Crippen LogP contribution in [0.5, 0.6) is 5.75 Å². The zero-order valence-corrected chi connectivity index (χ0v) is 12.0. The second-order valence-corrected chi connectivity index (χ2v) is 5.23. The third-order valence-corrected chi connectivity index (χ3v) is 3.66. The zero-order valence-electron chi connectivity index (χ0n) is 11.2. The SMILES string of the molecule is C=C1CCC(Oc2cc(F)c(C(=O)OC)cc2Cl)CC1. The first kappa shape index (κ1) is 14.9. The van der Waals surface area contributed by atoms with Crippen molar-refractivity contribution in [3.63, 3.8) is 0 Å². The molecule has 0 radical (unpaired) electrons. The standard InChI is InChI=1S/C15H16ClFO3/c1-9-3-5-10(6-4-9)20-14-8-13(17)11(7-12(14)16)15(18)19-2/h7-8,10H,1,3-6H2,2H3. The minimum Gasteiger partial charge on any atom is -0.489 e. The van der Waals surface area contributed by atoms with Crippen molar-refractivity contribution in [1.82, 2.24) is 0 Å². The van der Waals surface area contributed by atoms with Gasteiger partial charge < -0.3 is 9.47 Å². The monoisotopic (exact) mass is 298 g/mol. The van der Waals surface area contributed by atoms with E-state index < -0.39 is 11.8 Å². The summed E-state index contributed by atoms with van der Waals surface area (Å²) in [7, 11) is 1.19. The fraction of sp³-hybridized carbons (Fsp3) is 0.400. The van der Waals surface area contributed by atoms with Gasteiger partial charge in [0.15, 0.2) is 0 Å². The maximum absolute atomic E-state index is 13.8. The Kier molecular flexibility index (Phi) is 4.65. The first-order valence-corrected chi connectivity index (χ1v) is 6.79. The molecule has 1 aliphatic carbocycles. The van der Waals surface area contributed by atoms with Gasteiger partial charge in [0.25, 0.3) is 0 Å². The minimum absolute atomic E-state index is 0.00127. The Balaban J connectivity index is 2.15. The van der Waals surface area contributed by atoms with Crippen LogP contribution in [0, 0.1) is 5.82 Å². The van der Waals surface area contributed by atoms with Crippen molar-refractivity contribution in [1.29, 1.82) is 0 Å². The largest absolute Gasteiger partial charge is 0.489 e. The Labute approximate surface area is 122 Å². The van der Waals surface area contributed by atoms with Crippen LogP contribution in [0.15, 0.2) is 24.3 Å². The molecular formula is C15H16ClFO3. The Bertz CT molecular complexity index is 532. The Morgan fingerprint density at radius 2 is 2.05 bits per heavy atom. The van der Waals surface area contributed by atoms with Gasteiger partial charge in [0.05, 0.1) is 23.8 Å². The summed E-state index contributed by atoms with van der Waals surface area (Å²) in [4.78, 5) is 11.4. The molecule has 0 aliphatic heterocycles. The van der Waals surface area contributed by atoms with Crippen LogP contribution in [0.3, 0.4) is 0 Å². The molecule has 3 nitrogen and oxygen atoms in total. The lowest BCUT2D eigenvalue weighted by Gasteiger charge is -2.25. The lowest BCUT2D eigenvalue weighted by Crippen LogP contribution is -2.21. The van der Waals surface area contributed by atoms with Gasteiger partial charge in [-0.3, -0.25) is 0 Å². The molecule has 0 N–H and O–H groups in total. The van der Waals surface area contributed by atoms with Crippen molar-refractivity contribution in [2.45, 2.75) is 31.8 Å². The van der Waals surface area contributed by atoms with E-state index in [2.05, 4.69) is 11.3 Å². The Hall–Kier alpha value is -1.55. The van der Waals surface area contributed by atoms with E-state index in [0.717, 1.165) is 31.7 Å². The van der Waals surface area contributed by atoms with E-state index in [1.807, 2.05) is 0 Å². The average molecular weight is 299 g/mol. The van der Waals surface area contributed by atoms with Crippen molar-refractivity contribution >= 4 is 17.6 Å². The van der Waals surface area contributed by atoms with Gasteiger partial charge in [0.2, 0.25) is 0 Å². The van der Waals surface area contributed by atoms with Crippen LogP contribution in [-0.2, 0) is 4.74 Å². The normalized spacial score (nSPS) is 16.1. The number of halogens is 2. The number of rotatable bonds is 3. The number of methoxy groups -OCH3 is 1. The Morgan fingerprint density at radius 3 is 2.65 bits per heavy atom. The van der Waals surface area contributed by atoms with E-state index >= 15 is 0 Å². The predicted molar refractivity (Wildman–Crippen MR) is 74.8 cm³/mol. The van der Waals surface area contributed by atoms with Gasteiger partial charge >= 0.3 is 5.97 Å². The maximum Gasteiger partial charge on any atom is 0.340 e. The molecule has 0 bridgehead atoms. The van der Waals surface area contributed by atoms with Crippen molar-refractivity contribution in [3.05, 3.63) is 40.7 Å². The third kappa shape index (κ3) is 3.31. The number of carbonyl (C=O) groups excluding carboxylic acids is 1. The van der Waals surface area contributed by atoms with E-state index in [0.29, 0.717) is 0 Å². The minimum atomic E-state index is -0.759. The summed E-state index contributed by atoms with van der Waals surface area (Å²) in [5.74, 6) is -1.20. The topological polar surface area (TPSA) is 35.5 Å². The van der Waals surface area contributed by atoms with Gasteiger partial charge in [0, 0.05) is 6.07 Å². The third-order valence-electron chi connectivity index (χ3n) is 3.36. The van der Waals surface area contributed by atoms with E-state index in [4.69, 9.17) is 16.3 Å². The fourth-order valence-electron chi connectivity index (χ4n) is 2.18. The van der Waals surface area contributed by atoms with Gasteiger partial charge in [-0.1, -0.05) is 23.8 Å². The second-order valence-electron chi connectivity index (χ2n) is 4.82. The van der Waals surface area contributed by atoms with Crippen LogP contribution < -0.4 is 4.74 Å². The van der Waals surface area contributed by atoms with Gasteiger partial charge in [-0.25, -0.2) is 9.18 Å². The molecule has 20 heavy (non-hydrogen) atoms. The van der Waals surface area contributed by atoms with Crippen molar-refractivity contribution in [2.24, 2.45) is 0 Å². The fourth-order valence-corrected chi connectivity index (χ4v) is 2.39. The molecule has 0 heterocycles. The van der Waals surface area contributed by atoms with Crippen LogP contribution in [0.2, 0.25) is 5.02 Å². The number of benzene rings is 1. The quantitative estimate of drug-likeness (QED) is 0.621. The lowest BCUT2D eigenvalue weighted by atomic mass is 9.94. The summed E-state index contributed by atoms with van der Waals surface area (Å²) in [5.41, 5.74) is 1.02. The summed E-state index contributed by atoms with van der Waals surface area (Å²) < 4.78 is 24.0. The molecule has 0 spiro atoms. The molecule has 1 fully saturated rings. The van der Waals surface area contributed by atoms with Crippen LogP contribution >= 0.6 is 11.6 Å². The van der Waals surface area contributed by atoms with Crippen molar-refractivity contribution in [2.75, 3.05) is 7.11 Å². The highest BCUT2D eigenvalue weighted by Crippen LogP contribution is 2.32. The molecule has 0 atom stereocenters. The molecule has 0 unspecified atom stereocenters. The Morgan fingerprint density at radius 1 is 1.40 bits per heavy atom. The highest BCUT2D eigenvalue weighted by atomic mass is 35.5. The number of ether oxygens (including phenoxy) is 2. The molecule has 0 saturated heterocycles. The first-order valence-electron chi connectivity index (χ1n) is 6.42. The van der Waals surface area contributed by atoms with Crippen LogP contribution in [0.25, 0.3) is 0 Å². The molecule has 0 aromatic heterocycles. The van der Waals surface area contributed by atoms with Crippen LogP contribution in [0.1, 0.15) is 36.0 Å². The first-order chi connectivity index (χ1) is 9.51. The summed E-state index contributed by atoms with van der Waals surface area (Å²) in [6.07, 6.45) is 3.50. The molecule has 1 aromatic carbocycles. The maximum atomic E-state index is 13.8.